The molecular weight excluding hydrogens is 280 g/mol. The van der Waals surface area contributed by atoms with Crippen LogP contribution in [0.15, 0.2) is 48.2 Å². The van der Waals surface area contributed by atoms with Crippen LogP contribution < -0.4 is 27.7 Å². The summed E-state index contributed by atoms with van der Waals surface area (Å²) in [5.41, 5.74) is 25.2. The van der Waals surface area contributed by atoms with E-state index >= 15 is 0 Å². The van der Waals surface area contributed by atoms with Crippen LogP contribution in [0, 0.1) is 0 Å². The lowest BCUT2D eigenvalue weighted by Crippen LogP contribution is -2.24. The second-order valence-electron chi connectivity index (χ2n) is 4.69. The van der Waals surface area contributed by atoms with Crippen molar-refractivity contribution >= 4 is 17.3 Å². The summed E-state index contributed by atoms with van der Waals surface area (Å²) in [5.74, 6) is -0.0776. The van der Waals surface area contributed by atoms with Gasteiger partial charge in [-0.2, -0.15) is 0 Å². The monoisotopic (exact) mass is 298 g/mol. The summed E-state index contributed by atoms with van der Waals surface area (Å²) in [6.45, 7) is 0. The van der Waals surface area contributed by atoms with E-state index < -0.39 is 5.91 Å². The fraction of sp³-hybridized carbons (Fsp3) is 0.0625. The number of amides is 1. The number of para-hydroxylation sites is 1. The van der Waals surface area contributed by atoms with E-state index in [1.165, 1.54) is 0 Å². The standard InChI is InChI=1S/C16H18N4O2/c1-22-10-5-2-4-9(8-10)11-6-3-7-12(13(11)17)14(18)15(19)16(20)21/h2-8H,17-19H2,1H3,(H2,20,21)/b15-14+. The SMILES string of the molecule is COc1cccc(-c2cccc(/C(N)=C(\N)C(N)=O)c2N)c1. The number of anilines is 1. The van der Waals surface area contributed by atoms with Crippen LogP contribution in [-0.2, 0) is 4.79 Å². The van der Waals surface area contributed by atoms with Crippen LogP contribution in [-0.4, -0.2) is 13.0 Å². The lowest BCUT2D eigenvalue weighted by molar-refractivity contribution is -0.114. The molecule has 22 heavy (non-hydrogen) atoms. The highest BCUT2D eigenvalue weighted by molar-refractivity contribution is 6.00. The van der Waals surface area contributed by atoms with Crippen LogP contribution in [0.3, 0.4) is 0 Å². The highest BCUT2D eigenvalue weighted by Gasteiger charge is 2.13. The normalized spacial score (nSPS) is 11.7. The Labute approximate surface area is 128 Å². The van der Waals surface area contributed by atoms with Gasteiger partial charge in [-0.3, -0.25) is 4.79 Å². The molecule has 0 saturated heterocycles. The van der Waals surface area contributed by atoms with Crippen LogP contribution in [0.1, 0.15) is 5.56 Å². The third-order valence-electron chi connectivity index (χ3n) is 3.33. The molecular formula is C16H18N4O2. The van der Waals surface area contributed by atoms with E-state index in [0.717, 1.165) is 11.1 Å². The van der Waals surface area contributed by atoms with E-state index in [1.807, 2.05) is 30.3 Å². The summed E-state index contributed by atoms with van der Waals surface area (Å²) < 4.78 is 5.21. The number of carbonyl (C=O) groups is 1. The zero-order valence-corrected chi connectivity index (χ0v) is 12.2. The molecule has 0 heterocycles. The molecule has 6 heteroatoms. The van der Waals surface area contributed by atoms with Gasteiger partial charge >= 0.3 is 0 Å². The van der Waals surface area contributed by atoms with Crippen molar-refractivity contribution in [1.29, 1.82) is 0 Å². The molecule has 0 aliphatic rings. The Morgan fingerprint density at radius 2 is 1.73 bits per heavy atom. The minimum Gasteiger partial charge on any atom is -0.497 e. The molecule has 114 valence electrons. The predicted molar refractivity (Wildman–Crippen MR) is 87.3 cm³/mol. The molecule has 0 aromatic heterocycles. The average molecular weight is 298 g/mol. The zero-order valence-electron chi connectivity index (χ0n) is 12.2. The minimum absolute atomic E-state index is 0.0646. The first-order valence-corrected chi connectivity index (χ1v) is 6.54. The number of hydrogen-bond donors (Lipinski definition) is 4. The third kappa shape index (κ3) is 2.80. The highest BCUT2D eigenvalue weighted by atomic mass is 16.5. The number of ether oxygens (including phenoxy) is 1. The van der Waals surface area contributed by atoms with Gasteiger partial charge in [0.1, 0.15) is 11.4 Å². The molecule has 0 aliphatic carbocycles. The van der Waals surface area contributed by atoms with Gasteiger partial charge in [-0.1, -0.05) is 30.3 Å². The molecule has 6 nitrogen and oxygen atoms in total. The van der Waals surface area contributed by atoms with E-state index in [0.29, 0.717) is 17.0 Å². The molecule has 0 aliphatic heterocycles. The maximum Gasteiger partial charge on any atom is 0.266 e. The van der Waals surface area contributed by atoms with Crippen molar-refractivity contribution in [2.75, 3.05) is 12.8 Å². The smallest absolute Gasteiger partial charge is 0.266 e. The van der Waals surface area contributed by atoms with Crippen molar-refractivity contribution in [3.05, 3.63) is 53.7 Å². The number of primary amides is 1. The molecule has 0 radical (unpaired) electrons. The topological polar surface area (TPSA) is 130 Å². The molecule has 0 saturated carbocycles. The highest BCUT2D eigenvalue weighted by Crippen LogP contribution is 2.32. The molecule has 2 aromatic carbocycles. The summed E-state index contributed by atoms with van der Waals surface area (Å²) in [6.07, 6.45) is 0. The van der Waals surface area contributed by atoms with Gasteiger partial charge in [0.25, 0.3) is 5.91 Å². The van der Waals surface area contributed by atoms with Gasteiger partial charge in [-0.15, -0.1) is 0 Å². The first-order chi connectivity index (χ1) is 10.5. The summed E-state index contributed by atoms with van der Waals surface area (Å²) in [5, 5.41) is 0. The number of carbonyl (C=O) groups excluding carboxylic acids is 1. The van der Waals surface area contributed by atoms with Crippen molar-refractivity contribution in [3.63, 3.8) is 0 Å². The number of nitrogen functional groups attached to an aromatic ring is 1. The quantitative estimate of drug-likeness (QED) is 0.494. The Hall–Kier alpha value is -3.15. The van der Waals surface area contributed by atoms with Crippen LogP contribution >= 0.6 is 0 Å². The molecule has 2 aromatic rings. The fourth-order valence-corrected chi connectivity index (χ4v) is 2.12. The van der Waals surface area contributed by atoms with Gasteiger partial charge in [-0.05, 0) is 17.7 Å². The van der Waals surface area contributed by atoms with Crippen molar-refractivity contribution < 1.29 is 9.53 Å². The number of methoxy groups -OCH3 is 1. The van der Waals surface area contributed by atoms with E-state index in [-0.39, 0.29) is 11.4 Å². The Balaban J connectivity index is 2.59. The van der Waals surface area contributed by atoms with Crippen molar-refractivity contribution in [3.8, 4) is 16.9 Å². The van der Waals surface area contributed by atoms with Crippen molar-refractivity contribution in [2.24, 2.45) is 17.2 Å². The fourth-order valence-electron chi connectivity index (χ4n) is 2.12. The molecule has 2 rings (SSSR count). The maximum absolute atomic E-state index is 11.2. The Kier molecular flexibility index (Phi) is 4.22. The number of rotatable bonds is 4. The van der Waals surface area contributed by atoms with E-state index in [2.05, 4.69) is 0 Å². The Morgan fingerprint density at radius 3 is 2.36 bits per heavy atom. The van der Waals surface area contributed by atoms with E-state index in [1.54, 1.807) is 19.2 Å². The predicted octanol–water partition coefficient (Wildman–Crippen LogP) is 1.02. The largest absolute Gasteiger partial charge is 0.497 e. The molecule has 0 bridgehead atoms. The first kappa shape index (κ1) is 15.2. The van der Waals surface area contributed by atoms with Crippen LogP contribution in [0.5, 0.6) is 5.75 Å². The van der Waals surface area contributed by atoms with Crippen LogP contribution in [0.25, 0.3) is 16.8 Å². The van der Waals surface area contributed by atoms with Gasteiger partial charge in [0, 0.05) is 16.8 Å². The minimum atomic E-state index is -0.788. The van der Waals surface area contributed by atoms with Crippen molar-refractivity contribution in [2.45, 2.75) is 0 Å². The summed E-state index contributed by atoms with van der Waals surface area (Å²) in [6, 6.07) is 12.8. The summed E-state index contributed by atoms with van der Waals surface area (Å²) in [4.78, 5) is 11.2. The zero-order chi connectivity index (χ0) is 16.3. The number of nitrogens with two attached hydrogens (primary N) is 4. The number of hydrogen-bond acceptors (Lipinski definition) is 5. The molecule has 1 amide bonds. The summed E-state index contributed by atoms with van der Waals surface area (Å²) >= 11 is 0. The molecule has 8 N–H and O–H groups in total. The van der Waals surface area contributed by atoms with Crippen molar-refractivity contribution in [1.82, 2.24) is 0 Å². The van der Waals surface area contributed by atoms with Gasteiger partial charge < -0.3 is 27.7 Å². The third-order valence-corrected chi connectivity index (χ3v) is 3.33. The van der Waals surface area contributed by atoms with E-state index in [9.17, 15) is 4.79 Å². The first-order valence-electron chi connectivity index (χ1n) is 6.54. The van der Waals surface area contributed by atoms with Gasteiger partial charge in [-0.25, -0.2) is 0 Å². The Bertz CT molecular complexity index is 754. The average Bonchev–Trinajstić information content (AvgIpc) is 2.53. The molecule has 0 spiro atoms. The van der Waals surface area contributed by atoms with Crippen LogP contribution in [0.4, 0.5) is 5.69 Å². The van der Waals surface area contributed by atoms with Crippen LogP contribution in [0.2, 0.25) is 0 Å². The maximum atomic E-state index is 11.2. The molecule has 0 fully saturated rings. The van der Waals surface area contributed by atoms with Gasteiger partial charge in [0.15, 0.2) is 0 Å². The second kappa shape index (κ2) is 6.09. The Morgan fingerprint density at radius 1 is 1.05 bits per heavy atom. The number of benzene rings is 2. The molecule has 0 atom stereocenters. The summed E-state index contributed by atoms with van der Waals surface area (Å²) in [7, 11) is 1.59. The lowest BCUT2D eigenvalue weighted by atomic mass is 9.98. The second-order valence-corrected chi connectivity index (χ2v) is 4.69. The van der Waals surface area contributed by atoms with Gasteiger partial charge in [0.05, 0.1) is 12.8 Å². The lowest BCUT2D eigenvalue weighted by Gasteiger charge is -2.13. The van der Waals surface area contributed by atoms with E-state index in [4.69, 9.17) is 27.7 Å². The molecule has 0 unspecified atom stereocenters. The van der Waals surface area contributed by atoms with Gasteiger partial charge in [0.2, 0.25) is 0 Å².